The fourth-order valence-electron chi connectivity index (χ4n) is 2.33. The van der Waals surface area contributed by atoms with Gasteiger partial charge in [0.05, 0.1) is 5.56 Å². The number of carbonyl (C=O) groups excluding carboxylic acids is 3. The molecule has 30 heavy (non-hydrogen) atoms. The Morgan fingerprint density at radius 3 is 2.40 bits per heavy atom. The van der Waals surface area contributed by atoms with Crippen molar-refractivity contribution in [1.29, 1.82) is 0 Å². The van der Waals surface area contributed by atoms with Crippen molar-refractivity contribution in [3.63, 3.8) is 0 Å². The molecule has 0 spiro atoms. The minimum atomic E-state index is -4.53. The summed E-state index contributed by atoms with van der Waals surface area (Å²) in [7, 11) is 0. The van der Waals surface area contributed by atoms with Crippen molar-refractivity contribution in [2.24, 2.45) is 0 Å². The first-order chi connectivity index (χ1) is 14.1. The monoisotopic (exact) mass is 442 g/mol. The number of amides is 2. The van der Waals surface area contributed by atoms with E-state index in [2.05, 4.69) is 10.6 Å². The van der Waals surface area contributed by atoms with Gasteiger partial charge in [-0.3, -0.25) is 14.4 Å². The van der Waals surface area contributed by atoms with E-state index in [0.717, 1.165) is 18.2 Å². The Balaban J connectivity index is 1.66. The lowest BCUT2D eigenvalue weighted by Crippen LogP contribution is -2.25. The maximum atomic E-state index is 12.7. The molecule has 0 heterocycles. The van der Waals surface area contributed by atoms with Crippen molar-refractivity contribution in [2.45, 2.75) is 19.0 Å². The summed E-state index contributed by atoms with van der Waals surface area (Å²) in [6.45, 7) is -0.417. The highest BCUT2D eigenvalue weighted by molar-refractivity contribution is 6.30. The number of esters is 1. The highest BCUT2D eigenvalue weighted by Gasteiger charge is 2.30. The van der Waals surface area contributed by atoms with Gasteiger partial charge in [0.1, 0.15) is 0 Å². The summed E-state index contributed by atoms with van der Waals surface area (Å²) in [6, 6.07) is 10.4. The van der Waals surface area contributed by atoms with E-state index in [4.69, 9.17) is 16.3 Å². The number of hydrogen-bond acceptors (Lipinski definition) is 4. The van der Waals surface area contributed by atoms with Crippen molar-refractivity contribution in [2.75, 3.05) is 18.5 Å². The molecule has 2 N–H and O–H groups in total. The van der Waals surface area contributed by atoms with E-state index >= 15 is 0 Å². The molecule has 0 bridgehead atoms. The first-order valence-electron chi connectivity index (χ1n) is 8.81. The molecule has 0 aliphatic rings. The third-order valence-corrected chi connectivity index (χ3v) is 4.04. The van der Waals surface area contributed by atoms with Crippen LogP contribution in [0, 0.1) is 0 Å². The topological polar surface area (TPSA) is 84.5 Å². The standard InChI is InChI=1S/C20H18ClF3N2O4/c21-15-8-6-13(7-9-15)19(29)25-10-2-5-18(28)30-12-17(27)26-16-4-1-3-14(11-16)20(22,23)24/h1,3-4,6-9,11H,2,5,10,12H2,(H,25,29)(H,26,27). The molecule has 0 saturated heterocycles. The number of hydrogen-bond donors (Lipinski definition) is 2. The van der Waals surface area contributed by atoms with Crippen molar-refractivity contribution >= 4 is 35.1 Å². The van der Waals surface area contributed by atoms with Gasteiger partial charge in [-0.2, -0.15) is 13.2 Å². The fraction of sp³-hybridized carbons (Fsp3) is 0.250. The van der Waals surface area contributed by atoms with Gasteiger partial charge in [0.2, 0.25) is 0 Å². The molecule has 0 aliphatic heterocycles. The number of anilines is 1. The third kappa shape index (κ3) is 7.75. The molecule has 2 aromatic rings. The number of halogens is 4. The van der Waals surface area contributed by atoms with Crippen LogP contribution in [0.4, 0.5) is 18.9 Å². The molecule has 10 heteroatoms. The van der Waals surface area contributed by atoms with Crippen molar-refractivity contribution in [3.8, 4) is 0 Å². The zero-order chi connectivity index (χ0) is 22.1. The second kappa shape index (κ2) is 10.6. The second-order valence-corrected chi connectivity index (χ2v) is 6.59. The Labute approximate surface area is 175 Å². The van der Waals surface area contributed by atoms with Gasteiger partial charge >= 0.3 is 12.1 Å². The normalized spacial score (nSPS) is 10.9. The van der Waals surface area contributed by atoms with Crippen molar-refractivity contribution in [3.05, 3.63) is 64.7 Å². The van der Waals surface area contributed by atoms with Gasteiger partial charge in [-0.05, 0) is 48.9 Å². The highest BCUT2D eigenvalue weighted by Crippen LogP contribution is 2.30. The number of carbonyl (C=O) groups is 3. The summed E-state index contributed by atoms with van der Waals surface area (Å²) in [6.07, 6.45) is -4.29. The maximum absolute atomic E-state index is 12.7. The van der Waals surface area contributed by atoms with Gasteiger partial charge in [0.25, 0.3) is 11.8 Å². The average Bonchev–Trinajstić information content (AvgIpc) is 2.69. The van der Waals surface area contributed by atoms with Crippen molar-refractivity contribution < 1.29 is 32.3 Å². The predicted molar refractivity (Wildman–Crippen MR) is 104 cm³/mol. The summed E-state index contributed by atoms with van der Waals surface area (Å²) in [5.41, 5.74) is -0.540. The molecule has 0 aromatic heterocycles. The minimum Gasteiger partial charge on any atom is -0.456 e. The Hall–Kier alpha value is -3.07. The number of rotatable bonds is 8. The SMILES string of the molecule is O=C(COC(=O)CCCNC(=O)c1ccc(Cl)cc1)Nc1cccc(C(F)(F)F)c1. The minimum absolute atomic E-state index is 0.0439. The first kappa shape index (κ1) is 23.2. The van der Waals surface area contributed by atoms with Gasteiger partial charge < -0.3 is 15.4 Å². The predicted octanol–water partition coefficient (Wildman–Crippen LogP) is 4.05. The molecule has 2 rings (SSSR count). The Morgan fingerprint density at radius 2 is 1.73 bits per heavy atom. The summed E-state index contributed by atoms with van der Waals surface area (Å²) in [5.74, 6) is -1.76. The van der Waals surface area contributed by atoms with Crippen molar-refractivity contribution in [1.82, 2.24) is 5.32 Å². The number of ether oxygens (including phenoxy) is 1. The van der Waals surface area contributed by atoms with Gasteiger partial charge in [-0.25, -0.2) is 0 Å². The van der Waals surface area contributed by atoms with E-state index in [0.29, 0.717) is 10.6 Å². The second-order valence-electron chi connectivity index (χ2n) is 6.15. The first-order valence-corrected chi connectivity index (χ1v) is 9.19. The zero-order valence-electron chi connectivity index (χ0n) is 15.6. The maximum Gasteiger partial charge on any atom is 0.416 e. The van der Waals surface area contributed by atoms with Crippen LogP contribution in [-0.4, -0.2) is 30.9 Å². The molecule has 0 unspecified atom stereocenters. The summed E-state index contributed by atoms with van der Waals surface area (Å²) in [5, 5.41) is 5.37. The van der Waals surface area contributed by atoms with Crippen LogP contribution < -0.4 is 10.6 Å². The summed E-state index contributed by atoms with van der Waals surface area (Å²) < 4.78 is 42.7. The zero-order valence-corrected chi connectivity index (χ0v) is 16.3. The Kier molecular flexibility index (Phi) is 8.23. The van der Waals surface area contributed by atoms with Crippen LogP contribution in [-0.2, 0) is 20.5 Å². The summed E-state index contributed by atoms with van der Waals surface area (Å²) in [4.78, 5) is 35.3. The third-order valence-electron chi connectivity index (χ3n) is 3.79. The van der Waals surface area contributed by atoms with E-state index in [1.54, 1.807) is 24.3 Å². The molecule has 2 amide bonds. The van der Waals surface area contributed by atoms with Gasteiger partial charge in [0.15, 0.2) is 6.61 Å². The highest BCUT2D eigenvalue weighted by atomic mass is 35.5. The quantitative estimate of drug-likeness (QED) is 0.477. The van der Waals surface area contributed by atoms with Gasteiger partial charge in [-0.15, -0.1) is 0 Å². The lowest BCUT2D eigenvalue weighted by Gasteiger charge is -2.10. The molecule has 0 saturated carbocycles. The van der Waals surface area contributed by atoms with E-state index in [9.17, 15) is 27.6 Å². The number of alkyl halides is 3. The average molecular weight is 443 g/mol. The van der Waals surface area contributed by atoms with Crippen LogP contribution in [0.5, 0.6) is 0 Å². The van der Waals surface area contributed by atoms with E-state index in [1.807, 2.05) is 0 Å². The lowest BCUT2D eigenvalue weighted by atomic mass is 10.2. The van der Waals surface area contributed by atoms with E-state index in [1.165, 1.54) is 6.07 Å². The Morgan fingerprint density at radius 1 is 1.03 bits per heavy atom. The molecular weight excluding hydrogens is 425 g/mol. The van der Waals surface area contributed by atoms with Gasteiger partial charge in [0, 0.05) is 29.2 Å². The lowest BCUT2D eigenvalue weighted by molar-refractivity contribution is -0.147. The largest absolute Gasteiger partial charge is 0.456 e. The van der Waals surface area contributed by atoms with Crippen LogP contribution in [0.1, 0.15) is 28.8 Å². The molecule has 0 fully saturated rings. The molecule has 0 atom stereocenters. The fourth-order valence-corrected chi connectivity index (χ4v) is 2.45. The smallest absolute Gasteiger partial charge is 0.416 e. The van der Waals surface area contributed by atoms with E-state index in [-0.39, 0.29) is 31.0 Å². The molecule has 0 radical (unpaired) electrons. The van der Waals surface area contributed by atoms with Gasteiger partial charge in [-0.1, -0.05) is 17.7 Å². The van der Waals surface area contributed by atoms with Crippen LogP contribution in [0.25, 0.3) is 0 Å². The van der Waals surface area contributed by atoms with E-state index < -0.39 is 30.2 Å². The van der Waals surface area contributed by atoms with Crippen LogP contribution in [0.15, 0.2) is 48.5 Å². The molecule has 0 aliphatic carbocycles. The van der Waals surface area contributed by atoms with Crippen LogP contribution >= 0.6 is 11.6 Å². The Bertz CT molecular complexity index is 902. The molecular formula is C20H18ClF3N2O4. The summed E-state index contributed by atoms with van der Waals surface area (Å²) >= 11 is 5.74. The van der Waals surface area contributed by atoms with Crippen LogP contribution in [0.2, 0.25) is 5.02 Å². The number of benzene rings is 2. The molecule has 6 nitrogen and oxygen atoms in total. The van der Waals surface area contributed by atoms with Crippen LogP contribution in [0.3, 0.4) is 0 Å². The number of nitrogens with one attached hydrogen (secondary N) is 2. The molecule has 160 valence electrons. The molecule has 2 aromatic carbocycles.